The zero-order chi connectivity index (χ0) is 18.4. The van der Waals surface area contributed by atoms with E-state index >= 15 is 0 Å². The highest BCUT2D eigenvalue weighted by molar-refractivity contribution is 5.75. The molecular weight excluding hydrogens is 322 g/mol. The lowest BCUT2D eigenvalue weighted by atomic mass is 10.2. The summed E-state index contributed by atoms with van der Waals surface area (Å²) in [6.45, 7) is 9.47. The minimum absolute atomic E-state index is 0.105. The Bertz CT molecular complexity index is 587. The van der Waals surface area contributed by atoms with Crippen molar-refractivity contribution in [3.8, 4) is 5.75 Å². The van der Waals surface area contributed by atoms with E-state index in [2.05, 4.69) is 5.32 Å². The second-order valence-corrected chi connectivity index (χ2v) is 7.04. The van der Waals surface area contributed by atoms with E-state index in [1.807, 2.05) is 52.0 Å². The molecule has 1 aliphatic heterocycles. The monoisotopic (exact) mass is 349 g/mol. The minimum atomic E-state index is -0.515. The molecule has 1 aromatic carbocycles. The van der Waals surface area contributed by atoms with E-state index in [9.17, 15) is 9.59 Å². The van der Waals surface area contributed by atoms with E-state index in [1.165, 1.54) is 0 Å². The van der Waals surface area contributed by atoms with E-state index in [4.69, 9.17) is 9.47 Å². The van der Waals surface area contributed by atoms with Gasteiger partial charge in [-0.15, -0.1) is 0 Å². The molecule has 0 aromatic heterocycles. The molecule has 0 radical (unpaired) electrons. The normalized spacial score (nSPS) is 14.9. The number of aryl methyl sites for hydroxylation is 1. The summed E-state index contributed by atoms with van der Waals surface area (Å²) < 4.78 is 10.8. The maximum absolute atomic E-state index is 12.1. The van der Waals surface area contributed by atoms with Crippen LogP contribution in [0.15, 0.2) is 24.3 Å². The predicted molar refractivity (Wildman–Crippen MR) is 94.6 cm³/mol. The fourth-order valence-corrected chi connectivity index (χ4v) is 2.35. The van der Waals surface area contributed by atoms with Crippen molar-refractivity contribution >= 4 is 12.1 Å². The Kier molecular flexibility index (Phi) is 6.12. The summed E-state index contributed by atoms with van der Waals surface area (Å²) in [6.07, 6.45) is -0.338. The molecule has 1 aliphatic rings. The zero-order valence-corrected chi connectivity index (χ0v) is 15.4. The molecule has 0 bridgehead atoms. The number of hydrogen-bond donors (Lipinski definition) is 1. The Morgan fingerprint density at radius 1 is 1.04 bits per heavy atom. The topological polar surface area (TPSA) is 71.1 Å². The summed E-state index contributed by atoms with van der Waals surface area (Å²) in [5.41, 5.74) is 0.637. The molecule has 1 heterocycles. The Labute approximate surface area is 148 Å². The fourth-order valence-electron chi connectivity index (χ4n) is 2.35. The molecule has 1 fully saturated rings. The van der Waals surface area contributed by atoms with E-state index in [1.54, 1.807) is 9.80 Å². The molecule has 2 rings (SSSR count). The third-order valence-corrected chi connectivity index (χ3v) is 3.70. The molecule has 1 aromatic rings. The molecule has 0 spiro atoms. The molecule has 0 saturated carbocycles. The van der Waals surface area contributed by atoms with Crippen LogP contribution >= 0.6 is 0 Å². The van der Waals surface area contributed by atoms with Gasteiger partial charge in [0.05, 0.1) is 0 Å². The van der Waals surface area contributed by atoms with Gasteiger partial charge < -0.3 is 24.6 Å². The lowest BCUT2D eigenvalue weighted by Gasteiger charge is -2.35. The minimum Gasteiger partial charge on any atom is -0.473 e. The standard InChI is InChI=1S/C18H27N3O4/c1-14-5-7-15(8-6-14)24-13-19-16(22)20-9-11-21(12-10-20)17(23)25-18(2,3)4/h5-8H,9-13H2,1-4H3,(H,19,22). The molecule has 7 nitrogen and oxygen atoms in total. The Morgan fingerprint density at radius 2 is 1.60 bits per heavy atom. The molecular formula is C18H27N3O4. The first-order valence-electron chi connectivity index (χ1n) is 8.45. The predicted octanol–water partition coefficient (Wildman–Crippen LogP) is 2.59. The van der Waals surface area contributed by atoms with Crippen LogP contribution in [0.5, 0.6) is 5.75 Å². The van der Waals surface area contributed by atoms with Crippen molar-refractivity contribution in [1.82, 2.24) is 15.1 Å². The van der Waals surface area contributed by atoms with Crippen LogP contribution < -0.4 is 10.1 Å². The summed E-state index contributed by atoms with van der Waals surface area (Å²) in [4.78, 5) is 27.4. The molecule has 0 aliphatic carbocycles. The molecule has 1 N–H and O–H groups in total. The first-order chi connectivity index (χ1) is 11.7. The van der Waals surface area contributed by atoms with Crippen molar-refractivity contribution < 1.29 is 19.1 Å². The second-order valence-electron chi connectivity index (χ2n) is 7.04. The van der Waals surface area contributed by atoms with Gasteiger partial charge in [-0.25, -0.2) is 9.59 Å². The van der Waals surface area contributed by atoms with Gasteiger partial charge in [-0.1, -0.05) is 17.7 Å². The molecule has 0 atom stereocenters. The number of benzene rings is 1. The van der Waals surface area contributed by atoms with Gasteiger partial charge in [0.2, 0.25) is 0 Å². The van der Waals surface area contributed by atoms with Crippen LogP contribution in [-0.2, 0) is 4.74 Å². The smallest absolute Gasteiger partial charge is 0.410 e. The van der Waals surface area contributed by atoms with Crippen molar-refractivity contribution in [1.29, 1.82) is 0 Å². The Hall–Kier alpha value is -2.44. The number of rotatable bonds is 3. The van der Waals surface area contributed by atoms with Gasteiger partial charge in [0.15, 0.2) is 6.73 Å². The van der Waals surface area contributed by atoms with Crippen LogP contribution in [0.3, 0.4) is 0 Å². The van der Waals surface area contributed by atoms with Crippen LogP contribution in [0.1, 0.15) is 26.3 Å². The summed E-state index contributed by atoms with van der Waals surface area (Å²) in [5, 5.41) is 2.73. The largest absolute Gasteiger partial charge is 0.473 e. The van der Waals surface area contributed by atoms with Gasteiger partial charge in [0.1, 0.15) is 11.4 Å². The van der Waals surface area contributed by atoms with Crippen molar-refractivity contribution in [3.63, 3.8) is 0 Å². The lowest BCUT2D eigenvalue weighted by Crippen LogP contribution is -2.54. The highest BCUT2D eigenvalue weighted by Gasteiger charge is 2.27. The van der Waals surface area contributed by atoms with E-state index in [0.29, 0.717) is 31.9 Å². The number of amides is 3. The van der Waals surface area contributed by atoms with Crippen molar-refractivity contribution in [3.05, 3.63) is 29.8 Å². The summed E-state index contributed by atoms with van der Waals surface area (Å²) in [6, 6.07) is 7.43. The third kappa shape index (κ3) is 6.17. The van der Waals surface area contributed by atoms with Gasteiger partial charge in [-0.05, 0) is 39.8 Å². The summed E-state index contributed by atoms with van der Waals surface area (Å²) >= 11 is 0. The van der Waals surface area contributed by atoms with Crippen LogP contribution in [0.4, 0.5) is 9.59 Å². The SMILES string of the molecule is Cc1ccc(OCNC(=O)N2CCN(C(=O)OC(C)(C)C)CC2)cc1. The van der Waals surface area contributed by atoms with Gasteiger partial charge >= 0.3 is 12.1 Å². The second kappa shape index (κ2) is 8.09. The number of nitrogens with one attached hydrogen (secondary N) is 1. The number of carbonyl (C=O) groups is 2. The lowest BCUT2D eigenvalue weighted by molar-refractivity contribution is 0.0168. The molecule has 0 unspecified atom stereocenters. The van der Waals surface area contributed by atoms with E-state index in [0.717, 1.165) is 5.56 Å². The number of carbonyl (C=O) groups excluding carboxylic acids is 2. The molecule has 25 heavy (non-hydrogen) atoms. The fraction of sp³-hybridized carbons (Fsp3) is 0.556. The summed E-state index contributed by atoms with van der Waals surface area (Å²) in [5.74, 6) is 0.709. The van der Waals surface area contributed by atoms with Crippen molar-refractivity contribution in [2.75, 3.05) is 32.9 Å². The van der Waals surface area contributed by atoms with Crippen molar-refractivity contribution in [2.45, 2.75) is 33.3 Å². The van der Waals surface area contributed by atoms with Gasteiger partial charge in [0, 0.05) is 26.2 Å². The molecule has 7 heteroatoms. The van der Waals surface area contributed by atoms with Gasteiger partial charge in [-0.3, -0.25) is 0 Å². The number of nitrogens with zero attached hydrogens (tertiary/aromatic N) is 2. The van der Waals surface area contributed by atoms with Crippen LogP contribution in [0.25, 0.3) is 0 Å². The highest BCUT2D eigenvalue weighted by Crippen LogP contribution is 2.12. The quantitative estimate of drug-likeness (QED) is 0.852. The molecule has 138 valence electrons. The van der Waals surface area contributed by atoms with Crippen molar-refractivity contribution in [2.24, 2.45) is 0 Å². The van der Waals surface area contributed by atoms with Gasteiger partial charge in [0.25, 0.3) is 0 Å². The number of piperazine rings is 1. The maximum Gasteiger partial charge on any atom is 0.410 e. The third-order valence-electron chi connectivity index (χ3n) is 3.70. The van der Waals surface area contributed by atoms with Gasteiger partial charge in [-0.2, -0.15) is 0 Å². The number of hydrogen-bond acceptors (Lipinski definition) is 4. The zero-order valence-electron chi connectivity index (χ0n) is 15.4. The average Bonchev–Trinajstić information content (AvgIpc) is 2.55. The Morgan fingerprint density at radius 3 is 2.16 bits per heavy atom. The van der Waals surface area contributed by atoms with E-state index < -0.39 is 5.60 Å². The number of urea groups is 1. The molecule has 1 saturated heterocycles. The molecule has 3 amide bonds. The first-order valence-corrected chi connectivity index (χ1v) is 8.45. The highest BCUT2D eigenvalue weighted by atomic mass is 16.6. The number of ether oxygens (including phenoxy) is 2. The first kappa shape index (κ1) is 18.9. The summed E-state index contributed by atoms with van der Waals surface area (Å²) in [7, 11) is 0. The average molecular weight is 349 g/mol. The van der Waals surface area contributed by atoms with Crippen LogP contribution in [0.2, 0.25) is 0 Å². The van der Waals surface area contributed by atoms with Crippen LogP contribution in [0, 0.1) is 6.92 Å². The maximum atomic E-state index is 12.1. The van der Waals surface area contributed by atoms with Crippen LogP contribution in [-0.4, -0.2) is 60.4 Å². The van der Waals surface area contributed by atoms with E-state index in [-0.39, 0.29) is 18.9 Å². The Balaban J connectivity index is 1.70.